The topological polar surface area (TPSA) is 63.7 Å². The molecule has 2 aliphatic heterocycles. The van der Waals surface area contributed by atoms with E-state index in [2.05, 4.69) is 0 Å². The molecule has 2 fully saturated rings. The summed E-state index contributed by atoms with van der Waals surface area (Å²) in [4.78, 5) is 12.2. The van der Waals surface area contributed by atoms with Crippen LogP contribution in [0.2, 0.25) is 0 Å². The Morgan fingerprint density at radius 1 is 1.08 bits per heavy atom. The number of hydrogen-bond acceptors (Lipinski definition) is 4. The predicted molar refractivity (Wildman–Crippen MR) is 92.3 cm³/mol. The number of sulfonamides is 1. The second kappa shape index (κ2) is 5.68. The monoisotopic (exact) mass is 357 g/mol. The molecular weight excluding hydrogens is 338 g/mol. The molecule has 0 saturated carbocycles. The second-order valence-electron chi connectivity index (χ2n) is 6.74. The van der Waals surface area contributed by atoms with Crippen molar-refractivity contribution in [1.82, 2.24) is 4.31 Å². The maximum Gasteiger partial charge on any atom is 0.307 e. The van der Waals surface area contributed by atoms with E-state index in [0.717, 1.165) is 11.1 Å². The quantitative estimate of drug-likeness (QED) is 0.792. The van der Waals surface area contributed by atoms with Crippen LogP contribution in [-0.2, 0) is 25.2 Å². The number of nitrogens with zero attached hydrogens (tertiary/aromatic N) is 1. The number of esters is 1. The summed E-state index contributed by atoms with van der Waals surface area (Å²) in [5.74, 6) is -0.427. The van der Waals surface area contributed by atoms with Crippen molar-refractivity contribution in [3.8, 4) is 0 Å². The van der Waals surface area contributed by atoms with Crippen molar-refractivity contribution in [3.05, 3.63) is 65.7 Å². The highest BCUT2D eigenvalue weighted by molar-refractivity contribution is 7.89. The Bertz CT molecular complexity index is 908. The fourth-order valence-electron chi connectivity index (χ4n) is 3.79. The van der Waals surface area contributed by atoms with Gasteiger partial charge in [-0.3, -0.25) is 4.79 Å². The fourth-order valence-corrected chi connectivity index (χ4v) is 5.30. The lowest BCUT2D eigenvalue weighted by atomic mass is 9.84. The van der Waals surface area contributed by atoms with Gasteiger partial charge < -0.3 is 4.74 Å². The van der Waals surface area contributed by atoms with Crippen molar-refractivity contribution in [2.45, 2.75) is 23.8 Å². The van der Waals surface area contributed by atoms with Gasteiger partial charge in [-0.25, -0.2) is 8.42 Å². The highest BCUT2D eigenvalue weighted by Crippen LogP contribution is 2.48. The fraction of sp³-hybridized carbons (Fsp3) is 0.316. The number of carbonyl (C=O) groups is 1. The molecule has 0 aliphatic carbocycles. The van der Waals surface area contributed by atoms with Crippen molar-refractivity contribution in [3.63, 3.8) is 0 Å². The van der Waals surface area contributed by atoms with Gasteiger partial charge in [-0.05, 0) is 24.6 Å². The highest BCUT2D eigenvalue weighted by atomic mass is 32.2. The van der Waals surface area contributed by atoms with Crippen LogP contribution in [-0.4, -0.2) is 31.8 Å². The van der Waals surface area contributed by atoms with Gasteiger partial charge in [0.25, 0.3) is 0 Å². The van der Waals surface area contributed by atoms with Crippen LogP contribution >= 0.6 is 0 Å². The van der Waals surface area contributed by atoms with Gasteiger partial charge in [0, 0.05) is 12.5 Å². The Hall–Kier alpha value is -2.18. The molecule has 2 saturated heterocycles. The first-order chi connectivity index (χ1) is 11.9. The van der Waals surface area contributed by atoms with E-state index in [1.165, 1.54) is 4.31 Å². The Morgan fingerprint density at radius 3 is 2.44 bits per heavy atom. The van der Waals surface area contributed by atoms with E-state index in [1.54, 1.807) is 24.3 Å². The molecule has 0 unspecified atom stereocenters. The Kier molecular flexibility index (Phi) is 3.70. The van der Waals surface area contributed by atoms with E-state index in [9.17, 15) is 13.2 Å². The van der Waals surface area contributed by atoms with Gasteiger partial charge in [0.2, 0.25) is 10.0 Å². The molecule has 0 aromatic heterocycles. The van der Waals surface area contributed by atoms with Gasteiger partial charge in [0.1, 0.15) is 0 Å². The van der Waals surface area contributed by atoms with Crippen molar-refractivity contribution in [2.75, 3.05) is 13.1 Å². The third kappa shape index (κ3) is 2.56. The summed E-state index contributed by atoms with van der Waals surface area (Å²) < 4.78 is 33.2. The molecule has 5 nitrogen and oxygen atoms in total. The van der Waals surface area contributed by atoms with E-state index < -0.39 is 15.6 Å². The minimum Gasteiger partial charge on any atom is -0.452 e. The van der Waals surface area contributed by atoms with Gasteiger partial charge in [-0.1, -0.05) is 48.0 Å². The number of hydrogen-bond donors (Lipinski definition) is 0. The molecule has 2 aromatic rings. The molecule has 2 aliphatic rings. The summed E-state index contributed by atoms with van der Waals surface area (Å²) in [5, 5.41) is 0. The molecule has 6 heteroatoms. The maximum atomic E-state index is 13.0. The first kappa shape index (κ1) is 16.3. The zero-order valence-corrected chi connectivity index (χ0v) is 14.7. The highest BCUT2D eigenvalue weighted by Gasteiger charge is 2.58. The maximum absolute atomic E-state index is 13.0. The Labute approximate surface area is 147 Å². The van der Waals surface area contributed by atoms with Crippen LogP contribution in [0.4, 0.5) is 0 Å². The van der Waals surface area contributed by atoms with E-state index >= 15 is 0 Å². The molecule has 0 bridgehead atoms. The molecule has 2 heterocycles. The van der Waals surface area contributed by atoms with Gasteiger partial charge in [-0.2, -0.15) is 4.31 Å². The number of benzene rings is 2. The van der Waals surface area contributed by atoms with Crippen LogP contribution in [0.1, 0.15) is 17.5 Å². The van der Waals surface area contributed by atoms with Crippen molar-refractivity contribution >= 4 is 16.0 Å². The lowest BCUT2D eigenvalue weighted by Gasteiger charge is -2.28. The average molecular weight is 357 g/mol. The molecule has 0 radical (unpaired) electrons. The molecule has 0 N–H and O–H groups in total. The minimum atomic E-state index is -3.62. The van der Waals surface area contributed by atoms with E-state index in [0.29, 0.717) is 0 Å². The zero-order valence-electron chi connectivity index (χ0n) is 13.9. The van der Waals surface area contributed by atoms with Crippen molar-refractivity contribution < 1.29 is 17.9 Å². The van der Waals surface area contributed by atoms with Crippen LogP contribution < -0.4 is 0 Å². The predicted octanol–water partition coefficient (Wildman–Crippen LogP) is 2.46. The third-order valence-corrected chi connectivity index (χ3v) is 6.95. The molecule has 130 valence electrons. The van der Waals surface area contributed by atoms with Crippen LogP contribution in [0.25, 0.3) is 0 Å². The summed E-state index contributed by atoms with van der Waals surface area (Å²) in [6.07, 6.45) is 0.245. The molecule has 0 amide bonds. The normalized spacial score (nSPS) is 26.4. The van der Waals surface area contributed by atoms with Crippen LogP contribution in [0.5, 0.6) is 0 Å². The number of fused-ring (bicyclic) bond motifs is 1. The third-order valence-electron chi connectivity index (χ3n) is 5.12. The SMILES string of the molecule is Cc1ccc(S(=O)(=O)N2C[C@@H]3CC(=O)O[C@]3(c3ccccc3)C2)cc1. The summed E-state index contributed by atoms with van der Waals surface area (Å²) >= 11 is 0. The Balaban J connectivity index is 1.71. The molecule has 25 heavy (non-hydrogen) atoms. The summed E-state index contributed by atoms with van der Waals surface area (Å²) in [6, 6.07) is 16.3. The van der Waals surface area contributed by atoms with Gasteiger partial charge in [0.05, 0.1) is 17.9 Å². The van der Waals surface area contributed by atoms with Crippen LogP contribution in [0.15, 0.2) is 59.5 Å². The standard InChI is InChI=1S/C19H19NO4S/c1-14-7-9-17(10-8-14)25(22,23)20-12-16-11-18(21)24-19(16,13-20)15-5-3-2-4-6-15/h2-10,16H,11-13H2,1H3/t16-,19-/m0/s1. The van der Waals surface area contributed by atoms with Gasteiger partial charge >= 0.3 is 5.97 Å². The van der Waals surface area contributed by atoms with E-state index in [4.69, 9.17) is 4.74 Å². The summed E-state index contributed by atoms with van der Waals surface area (Å²) in [7, 11) is -3.62. The van der Waals surface area contributed by atoms with Crippen LogP contribution in [0.3, 0.4) is 0 Å². The second-order valence-corrected chi connectivity index (χ2v) is 8.68. The van der Waals surface area contributed by atoms with E-state index in [-0.39, 0.29) is 36.3 Å². The molecule has 4 rings (SSSR count). The van der Waals surface area contributed by atoms with Crippen molar-refractivity contribution in [1.29, 1.82) is 0 Å². The first-order valence-electron chi connectivity index (χ1n) is 8.26. The number of aryl methyl sites for hydroxylation is 1. The van der Waals surface area contributed by atoms with Gasteiger partial charge in [-0.15, -0.1) is 0 Å². The number of ether oxygens (including phenoxy) is 1. The van der Waals surface area contributed by atoms with E-state index in [1.807, 2.05) is 37.3 Å². The number of carbonyl (C=O) groups excluding carboxylic acids is 1. The largest absolute Gasteiger partial charge is 0.452 e. The Morgan fingerprint density at radius 2 is 1.76 bits per heavy atom. The zero-order chi connectivity index (χ0) is 17.7. The minimum absolute atomic E-state index is 0.156. The lowest BCUT2D eigenvalue weighted by molar-refractivity contribution is -0.149. The smallest absolute Gasteiger partial charge is 0.307 e. The first-order valence-corrected chi connectivity index (χ1v) is 9.70. The summed E-state index contributed by atoms with van der Waals surface area (Å²) in [5.41, 5.74) is 0.982. The number of rotatable bonds is 3. The summed E-state index contributed by atoms with van der Waals surface area (Å²) in [6.45, 7) is 2.36. The molecular formula is C19H19NO4S. The molecule has 0 spiro atoms. The average Bonchev–Trinajstić information content (AvgIpc) is 3.10. The van der Waals surface area contributed by atoms with Crippen molar-refractivity contribution in [2.24, 2.45) is 5.92 Å². The van der Waals surface area contributed by atoms with Gasteiger partial charge in [0.15, 0.2) is 5.60 Å². The van der Waals surface area contributed by atoms with Crippen LogP contribution in [0, 0.1) is 12.8 Å². The molecule has 2 aromatic carbocycles. The lowest BCUT2D eigenvalue weighted by Crippen LogP contribution is -2.36. The molecule has 2 atom stereocenters.